The Bertz CT molecular complexity index is 463. The molecule has 1 aromatic carbocycles. The van der Waals surface area contributed by atoms with Crippen LogP contribution in [0.2, 0.25) is 5.02 Å². The van der Waals surface area contributed by atoms with Crippen molar-refractivity contribution >= 4 is 23.3 Å². The lowest BCUT2D eigenvalue weighted by atomic mass is 10.3. The van der Waals surface area contributed by atoms with Gasteiger partial charge in [0.1, 0.15) is 5.75 Å². The highest BCUT2D eigenvalue weighted by Crippen LogP contribution is 2.29. The summed E-state index contributed by atoms with van der Waals surface area (Å²) in [5.74, 6) is -0.324. The fourth-order valence-corrected chi connectivity index (χ4v) is 1.42. The molecule has 0 fully saturated rings. The van der Waals surface area contributed by atoms with Gasteiger partial charge in [-0.2, -0.15) is 0 Å². The van der Waals surface area contributed by atoms with Gasteiger partial charge < -0.3 is 9.47 Å². The number of benzene rings is 1. The van der Waals surface area contributed by atoms with Gasteiger partial charge in [-0.15, -0.1) is 0 Å². The van der Waals surface area contributed by atoms with Gasteiger partial charge in [-0.05, 0) is 19.9 Å². The van der Waals surface area contributed by atoms with Gasteiger partial charge in [0.25, 0.3) is 5.69 Å². The van der Waals surface area contributed by atoms with Crippen molar-refractivity contribution in [1.29, 1.82) is 0 Å². The van der Waals surface area contributed by atoms with E-state index in [2.05, 4.69) is 0 Å². The molecule has 1 atom stereocenters. The number of nitro groups is 1. The van der Waals surface area contributed by atoms with Crippen LogP contribution in [0.3, 0.4) is 0 Å². The molecule has 1 rings (SSSR count). The van der Waals surface area contributed by atoms with Gasteiger partial charge in [0, 0.05) is 12.1 Å². The van der Waals surface area contributed by atoms with Crippen molar-refractivity contribution in [2.45, 2.75) is 20.0 Å². The summed E-state index contributed by atoms with van der Waals surface area (Å²) in [5.41, 5.74) is -0.142. The smallest absolute Gasteiger partial charge is 0.347 e. The van der Waals surface area contributed by atoms with Crippen molar-refractivity contribution in [3.63, 3.8) is 0 Å². The largest absolute Gasteiger partial charge is 0.477 e. The molecule has 0 radical (unpaired) electrons. The van der Waals surface area contributed by atoms with Crippen LogP contribution < -0.4 is 4.74 Å². The predicted octanol–water partition coefficient (Wildman–Crippen LogP) is 2.58. The predicted molar refractivity (Wildman–Crippen MR) is 64.8 cm³/mol. The van der Waals surface area contributed by atoms with Gasteiger partial charge in [-0.25, -0.2) is 4.79 Å². The number of hydrogen-bond acceptors (Lipinski definition) is 5. The molecule has 0 spiro atoms. The summed E-state index contributed by atoms with van der Waals surface area (Å²) in [7, 11) is 0. The molecule has 98 valence electrons. The summed E-state index contributed by atoms with van der Waals surface area (Å²) >= 11 is 5.82. The van der Waals surface area contributed by atoms with Crippen LogP contribution >= 0.6 is 11.6 Å². The Morgan fingerprint density at radius 2 is 2.22 bits per heavy atom. The van der Waals surface area contributed by atoms with Crippen LogP contribution in [-0.4, -0.2) is 23.6 Å². The monoisotopic (exact) mass is 273 g/mol. The molecule has 0 aliphatic heterocycles. The summed E-state index contributed by atoms with van der Waals surface area (Å²) < 4.78 is 10.0. The molecular weight excluding hydrogens is 262 g/mol. The molecule has 0 heterocycles. The van der Waals surface area contributed by atoms with Crippen LogP contribution in [0.5, 0.6) is 5.75 Å². The van der Waals surface area contributed by atoms with Crippen molar-refractivity contribution in [1.82, 2.24) is 0 Å². The third-order valence-electron chi connectivity index (χ3n) is 2.05. The Morgan fingerprint density at radius 1 is 1.56 bits per heavy atom. The second kappa shape index (κ2) is 6.20. The Balaban J connectivity index is 2.79. The topological polar surface area (TPSA) is 78.7 Å². The lowest BCUT2D eigenvalue weighted by Crippen LogP contribution is -2.26. The zero-order chi connectivity index (χ0) is 13.7. The molecule has 0 aliphatic carbocycles. The van der Waals surface area contributed by atoms with Crippen molar-refractivity contribution in [3.05, 3.63) is 33.3 Å². The summed E-state index contributed by atoms with van der Waals surface area (Å²) in [4.78, 5) is 21.3. The van der Waals surface area contributed by atoms with Gasteiger partial charge in [0.05, 0.1) is 16.6 Å². The zero-order valence-electron chi connectivity index (χ0n) is 9.88. The third-order valence-corrected chi connectivity index (χ3v) is 2.34. The number of non-ortho nitro benzene ring substituents is 1. The molecule has 0 amide bonds. The molecule has 18 heavy (non-hydrogen) atoms. The van der Waals surface area contributed by atoms with E-state index in [0.29, 0.717) is 0 Å². The van der Waals surface area contributed by atoms with E-state index in [1.807, 2.05) is 0 Å². The van der Waals surface area contributed by atoms with E-state index in [0.717, 1.165) is 6.07 Å². The maximum Gasteiger partial charge on any atom is 0.347 e. The second-order valence-electron chi connectivity index (χ2n) is 3.38. The van der Waals surface area contributed by atoms with E-state index in [9.17, 15) is 14.9 Å². The number of nitro benzene ring substituents is 1. The first-order valence-electron chi connectivity index (χ1n) is 5.23. The van der Waals surface area contributed by atoms with Gasteiger partial charge in [0.2, 0.25) is 0 Å². The first-order valence-corrected chi connectivity index (χ1v) is 5.60. The zero-order valence-corrected chi connectivity index (χ0v) is 10.6. The van der Waals surface area contributed by atoms with Crippen LogP contribution in [-0.2, 0) is 9.53 Å². The number of halogens is 1. The van der Waals surface area contributed by atoms with Crippen LogP contribution in [0.4, 0.5) is 5.69 Å². The molecule has 0 aliphatic rings. The molecular formula is C11H12ClNO5. The standard InChI is InChI=1S/C11H12ClNO5/c1-3-17-11(14)7(2)18-10-5-4-8(13(15)16)6-9(10)12/h4-7H,3H2,1-2H3/t7-/m1/s1. The summed E-state index contributed by atoms with van der Waals surface area (Å²) in [6.45, 7) is 3.44. The van der Waals surface area contributed by atoms with Gasteiger partial charge in [-0.3, -0.25) is 10.1 Å². The Labute approximate surface area is 109 Å². The molecule has 6 nitrogen and oxygen atoms in total. The van der Waals surface area contributed by atoms with Crippen molar-refractivity contribution in [2.75, 3.05) is 6.61 Å². The fraction of sp³-hybridized carbons (Fsp3) is 0.364. The highest BCUT2D eigenvalue weighted by molar-refractivity contribution is 6.32. The van der Waals surface area contributed by atoms with Crippen LogP contribution in [0.1, 0.15) is 13.8 Å². The average Bonchev–Trinajstić information content (AvgIpc) is 2.31. The van der Waals surface area contributed by atoms with Gasteiger partial charge >= 0.3 is 5.97 Å². The third kappa shape index (κ3) is 3.59. The maximum atomic E-state index is 11.3. The molecule has 0 saturated carbocycles. The number of rotatable bonds is 5. The minimum Gasteiger partial charge on any atom is -0.477 e. The fourth-order valence-electron chi connectivity index (χ4n) is 1.20. The van der Waals surface area contributed by atoms with Crippen LogP contribution in [0.15, 0.2) is 18.2 Å². The van der Waals surface area contributed by atoms with E-state index in [1.54, 1.807) is 6.92 Å². The molecule has 1 aromatic rings. The quantitative estimate of drug-likeness (QED) is 0.468. The van der Waals surface area contributed by atoms with E-state index < -0.39 is 17.0 Å². The van der Waals surface area contributed by atoms with Crippen LogP contribution in [0.25, 0.3) is 0 Å². The number of nitrogens with zero attached hydrogens (tertiary/aromatic N) is 1. The van der Waals surface area contributed by atoms with E-state index >= 15 is 0 Å². The lowest BCUT2D eigenvalue weighted by Gasteiger charge is -2.14. The van der Waals surface area contributed by atoms with Crippen molar-refractivity contribution in [2.24, 2.45) is 0 Å². The summed E-state index contributed by atoms with van der Waals surface area (Å²) in [6.07, 6.45) is -0.830. The molecule has 0 bridgehead atoms. The second-order valence-corrected chi connectivity index (χ2v) is 3.79. The number of carbonyl (C=O) groups is 1. The maximum absolute atomic E-state index is 11.3. The van der Waals surface area contributed by atoms with Crippen molar-refractivity contribution < 1.29 is 19.2 Å². The lowest BCUT2D eigenvalue weighted by molar-refractivity contribution is -0.384. The Kier molecular flexibility index (Phi) is 4.91. The Hall–Kier alpha value is -1.82. The van der Waals surface area contributed by atoms with Gasteiger partial charge in [-0.1, -0.05) is 11.6 Å². The number of ether oxygens (including phenoxy) is 2. The normalized spacial score (nSPS) is 11.7. The van der Waals surface area contributed by atoms with E-state index in [1.165, 1.54) is 19.1 Å². The summed E-state index contributed by atoms with van der Waals surface area (Å²) in [6, 6.07) is 3.75. The first-order chi connectivity index (χ1) is 8.45. The number of carbonyl (C=O) groups excluding carboxylic acids is 1. The molecule has 0 unspecified atom stereocenters. The highest BCUT2D eigenvalue weighted by atomic mass is 35.5. The molecule has 0 N–H and O–H groups in total. The molecule has 0 saturated heterocycles. The van der Waals surface area contributed by atoms with E-state index in [4.69, 9.17) is 21.1 Å². The first kappa shape index (κ1) is 14.2. The number of esters is 1. The average molecular weight is 274 g/mol. The van der Waals surface area contributed by atoms with E-state index in [-0.39, 0.29) is 23.1 Å². The highest BCUT2D eigenvalue weighted by Gasteiger charge is 2.18. The van der Waals surface area contributed by atoms with Gasteiger partial charge in [0.15, 0.2) is 6.10 Å². The Morgan fingerprint density at radius 3 is 2.72 bits per heavy atom. The summed E-state index contributed by atoms with van der Waals surface area (Å²) in [5, 5.41) is 10.6. The molecule has 0 aromatic heterocycles. The number of hydrogen-bond donors (Lipinski definition) is 0. The van der Waals surface area contributed by atoms with Crippen molar-refractivity contribution in [3.8, 4) is 5.75 Å². The van der Waals surface area contributed by atoms with Crippen LogP contribution in [0, 0.1) is 10.1 Å². The SMILES string of the molecule is CCOC(=O)[C@@H](C)Oc1ccc([N+](=O)[O-])cc1Cl. The minimum absolute atomic E-state index is 0.0698. The minimum atomic E-state index is -0.830. The molecule has 7 heteroatoms.